The van der Waals surface area contributed by atoms with Crippen LogP contribution in [0.5, 0.6) is 11.5 Å². The molecule has 0 radical (unpaired) electrons. The van der Waals surface area contributed by atoms with Crippen LogP contribution in [-0.2, 0) is 16.8 Å². The lowest BCUT2D eigenvalue weighted by Gasteiger charge is -2.25. The molecule has 2 aromatic rings. The highest BCUT2D eigenvalue weighted by atomic mass is 16.6. The first kappa shape index (κ1) is 17.4. The van der Waals surface area contributed by atoms with Gasteiger partial charge in [-0.05, 0) is 43.5 Å². The van der Waals surface area contributed by atoms with Crippen molar-refractivity contribution in [3.63, 3.8) is 0 Å². The zero-order valence-electron chi connectivity index (χ0n) is 15.5. The lowest BCUT2D eigenvalue weighted by atomic mass is 9.91. The highest BCUT2D eigenvalue weighted by molar-refractivity contribution is 6.07. The first-order chi connectivity index (χ1) is 13.0. The summed E-state index contributed by atoms with van der Waals surface area (Å²) in [7, 11) is 0. The first-order valence-electron chi connectivity index (χ1n) is 9.07. The molecule has 0 aliphatic carbocycles. The molecule has 140 valence electrons. The van der Waals surface area contributed by atoms with E-state index in [-0.39, 0.29) is 11.9 Å². The van der Waals surface area contributed by atoms with Crippen LogP contribution in [0.4, 0.5) is 4.79 Å². The van der Waals surface area contributed by atoms with Gasteiger partial charge in [-0.15, -0.1) is 0 Å². The zero-order valence-corrected chi connectivity index (χ0v) is 15.5. The number of imide groups is 1. The number of hydrogen-bond donors (Lipinski definition) is 1. The smallest absolute Gasteiger partial charge is 0.325 e. The molecule has 1 saturated heterocycles. The van der Waals surface area contributed by atoms with E-state index in [0.29, 0.717) is 43.2 Å². The molecule has 1 fully saturated rings. The Bertz CT molecular complexity index is 894. The Morgan fingerprint density at radius 3 is 2.48 bits per heavy atom. The van der Waals surface area contributed by atoms with E-state index < -0.39 is 5.54 Å². The Labute approximate surface area is 158 Å². The molecule has 6 nitrogen and oxygen atoms in total. The van der Waals surface area contributed by atoms with E-state index >= 15 is 0 Å². The highest BCUT2D eigenvalue weighted by Gasteiger charge is 2.49. The fraction of sp³-hybridized carbons (Fsp3) is 0.333. The van der Waals surface area contributed by atoms with E-state index in [0.717, 1.165) is 5.56 Å². The van der Waals surface area contributed by atoms with Gasteiger partial charge in [0.05, 0.1) is 0 Å². The molecule has 1 N–H and O–H groups in total. The minimum atomic E-state index is -1.11. The average molecular weight is 366 g/mol. The standard InChI is InChI=1S/C21H22N2O4/c1-14-3-5-15(6-4-14)9-10-23-19(24)21(2,22-20(23)25)16-7-8-17-18(13-16)27-12-11-26-17/h3-8,13H,9-12H2,1-2H3,(H,22,25)/t21-/m0/s1. The molecule has 6 heteroatoms. The number of urea groups is 1. The second-order valence-electron chi connectivity index (χ2n) is 7.11. The van der Waals surface area contributed by atoms with Crippen molar-refractivity contribution in [3.05, 3.63) is 59.2 Å². The van der Waals surface area contributed by atoms with Gasteiger partial charge in [-0.25, -0.2) is 4.79 Å². The number of ether oxygens (including phenoxy) is 2. The third-order valence-electron chi connectivity index (χ3n) is 5.14. The third-order valence-corrected chi connectivity index (χ3v) is 5.14. The lowest BCUT2D eigenvalue weighted by Crippen LogP contribution is -2.41. The third kappa shape index (κ3) is 3.12. The minimum Gasteiger partial charge on any atom is -0.486 e. The fourth-order valence-electron chi connectivity index (χ4n) is 3.45. The van der Waals surface area contributed by atoms with Crippen molar-refractivity contribution in [2.75, 3.05) is 19.8 Å². The second-order valence-corrected chi connectivity index (χ2v) is 7.11. The number of carbonyl (C=O) groups excluding carboxylic acids is 2. The van der Waals surface area contributed by atoms with Crippen LogP contribution < -0.4 is 14.8 Å². The normalized spacial score (nSPS) is 21.3. The Kier molecular flexibility index (Phi) is 4.26. The van der Waals surface area contributed by atoms with Crippen molar-refractivity contribution in [1.82, 2.24) is 10.2 Å². The van der Waals surface area contributed by atoms with E-state index in [1.54, 1.807) is 25.1 Å². The van der Waals surface area contributed by atoms with Gasteiger partial charge in [-0.3, -0.25) is 9.69 Å². The Balaban J connectivity index is 1.53. The van der Waals surface area contributed by atoms with Crippen LogP contribution in [0.25, 0.3) is 0 Å². The summed E-state index contributed by atoms with van der Waals surface area (Å²) in [5, 5.41) is 2.84. The van der Waals surface area contributed by atoms with Crippen molar-refractivity contribution < 1.29 is 19.1 Å². The number of benzene rings is 2. The van der Waals surface area contributed by atoms with E-state index in [2.05, 4.69) is 5.32 Å². The van der Waals surface area contributed by atoms with Crippen molar-refractivity contribution in [2.45, 2.75) is 25.8 Å². The minimum absolute atomic E-state index is 0.253. The molecule has 1 atom stereocenters. The predicted octanol–water partition coefficient (Wildman–Crippen LogP) is 2.78. The summed E-state index contributed by atoms with van der Waals surface area (Å²) in [4.78, 5) is 26.8. The molecular weight excluding hydrogens is 344 g/mol. The maximum Gasteiger partial charge on any atom is 0.325 e. The summed E-state index contributed by atoms with van der Waals surface area (Å²) < 4.78 is 11.1. The van der Waals surface area contributed by atoms with Crippen LogP contribution in [-0.4, -0.2) is 36.6 Å². The van der Waals surface area contributed by atoms with Crippen LogP contribution in [0.15, 0.2) is 42.5 Å². The number of rotatable bonds is 4. The van der Waals surface area contributed by atoms with Crippen molar-refractivity contribution >= 4 is 11.9 Å². The zero-order chi connectivity index (χ0) is 19.0. The molecule has 0 unspecified atom stereocenters. The lowest BCUT2D eigenvalue weighted by molar-refractivity contribution is -0.131. The first-order valence-corrected chi connectivity index (χ1v) is 9.07. The molecule has 0 spiro atoms. The van der Waals surface area contributed by atoms with Crippen molar-refractivity contribution in [2.24, 2.45) is 0 Å². The van der Waals surface area contributed by atoms with Gasteiger partial charge in [0.2, 0.25) is 0 Å². The molecule has 0 saturated carbocycles. The summed E-state index contributed by atoms with van der Waals surface area (Å²) in [6.07, 6.45) is 0.622. The van der Waals surface area contributed by atoms with E-state index in [9.17, 15) is 9.59 Å². The molecule has 3 amide bonds. The predicted molar refractivity (Wildman–Crippen MR) is 99.9 cm³/mol. The highest BCUT2D eigenvalue weighted by Crippen LogP contribution is 2.36. The molecule has 0 aromatic heterocycles. The van der Waals surface area contributed by atoms with Gasteiger partial charge in [-0.2, -0.15) is 0 Å². The molecule has 2 aliphatic rings. The van der Waals surface area contributed by atoms with Crippen LogP contribution in [0.1, 0.15) is 23.6 Å². The summed E-state index contributed by atoms with van der Waals surface area (Å²) >= 11 is 0. The number of amides is 3. The Morgan fingerprint density at radius 1 is 1.04 bits per heavy atom. The van der Waals surface area contributed by atoms with Gasteiger partial charge >= 0.3 is 6.03 Å². The number of nitrogens with one attached hydrogen (secondary N) is 1. The summed E-state index contributed by atoms with van der Waals surface area (Å²) in [5.74, 6) is 0.998. The maximum atomic E-state index is 13.1. The molecule has 2 aromatic carbocycles. The molecule has 2 heterocycles. The molecule has 4 rings (SSSR count). The van der Waals surface area contributed by atoms with Crippen LogP contribution >= 0.6 is 0 Å². The summed E-state index contributed by atoms with van der Waals surface area (Å²) in [6.45, 7) is 5.07. The van der Waals surface area contributed by atoms with Gasteiger partial charge < -0.3 is 14.8 Å². The Morgan fingerprint density at radius 2 is 1.74 bits per heavy atom. The van der Waals surface area contributed by atoms with Crippen LogP contribution in [0.3, 0.4) is 0 Å². The topological polar surface area (TPSA) is 67.9 Å². The fourth-order valence-corrected chi connectivity index (χ4v) is 3.45. The monoisotopic (exact) mass is 366 g/mol. The Hall–Kier alpha value is -3.02. The van der Waals surface area contributed by atoms with E-state index in [1.807, 2.05) is 31.2 Å². The maximum absolute atomic E-state index is 13.1. The van der Waals surface area contributed by atoms with Crippen molar-refractivity contribution in [1.29, 1.82) is 0 Å². The SMILES string of the molecule is Cc1ccc(CCN2C(=O)N[C@@](C)(c3ccc4c(c3)OCCO4)C2=O)cc1. The van der Waals surface area contributed by atoms with Crippen LogP contribution in [0.2, 0.25) is 0 Å². The molecular formula is C21H22N2O4. The number of aryl methyl sites for hydroxylation is 1. The number of hydrogen-bond acceptors (Lipinski definition) is 4. The van der Waals surface area contributed by atoms with Crippen molar-refractivity contribution in [3.8, 4) is 11.5 Å². The molecule has 0 bridgehead atoms. The molecule has 27 heavy (non-hydrogen) atoms. The number of fused-ring (bicyclic) bond motifs is 1. The second kappa shape index (κ2) is 6.61. The quantitative estimate of drug-likeness (QED) is 0.845. The van der Waals surface area contributed by atoms with Gasteiger partial charge in [-0.1, -0.05) is 35.9 Å². The number of carbonyl (C=O) groups is 2. The van der Waals surface area contributed by atoms with E-state index in [4.69, 9.17) is 9.47 Å². The largest absolute Gasteiger partial charge is 0.486 e. The van der Waals surface area contributed by atoms with Gasteiger partial charge in [0, 0.05) is 6.54 Å². The average Bonchev–Trinajstić information content (AvgIpc) is 2.90. The summed E-state index contributed by atoms with van der Waals surface area (Å²) in [5.41, 5.74) is 1.84. The van der Waals surface area contributed by atoms with E-state index in [1.165, 1.54) is 10.5 Å². The van der Waals surface area contributed by atoms with Gasteiger partial charge in [0.15, 0.2) is 11.5 Å². The molecule has 2 aliphatic heterocycles. The summed E-state index contributed by atoms with van der Waals surface area (Å²) in [6, 6.07) is 13.1. The van der Waals surface area contributed by atoms with Gasteiger partial charge in [0.1, 0.15) is 18.8 Å². The van der Waals surface area contributed by atoms with Crippen LogP contribution in [0, 0.1) is 6.92 Å². The van der Waals surface area contributed by atoms with Gasteiger partial charge in [0.25, 0.3) is 5.91 Å². The number of nitrogens with zero attached hydrogens (tertiary/aromatic N) is 1.